The van der Waals surface area contributed by atoms with Crippen LogP contribution >= 0.6 is 23.6 Å². The van der Waals surface area contributed by atoms with Gasteiger partial charge in [0.25, 0.3) is 0 Å². The van der Waals surface area contributed by atoms with Crippen LogP contribution in [-0.2, 0) is 9.37 Å². The highest BCUT2D eigenvalue weighted by molar-refractivity contribution is 7.94. The Morgan fingerprint density at radius 1 is 1.03 bits per heavy atom. The molecular weight excluding hydrogens is 458 g/mol. The van der Waals surface area contributed by atoms with Crippen LogP contribution in [0.25, 0.3) is 10.8 Å². The number of rotatable bonds is 8. The molecule has 0 aliphatic heterocycles. The van der Waals surface area contributed by atoms with Crippen LogP contribution in [0.4, 0.5) is 29.0 Å². The molecule has 162 valence electrons. The lowest BCUT2D eigenvalue weighted by Gasteiger charge is -2.11. The smallest absolute Gasteiger partial charge is 0.233 e. The Morgan fingerprint density at radius 2 is 1.78 bits per heavy atom. The van der Waals surface area contributed by atoms with Crippen molar-refractivity contribution < 1.29 is 21.1 Å². The van der Waals surface area contributed by atoms with Crippen LogP contribution < -0.4 is 10.6 Å². The van der Waals surface area contributed by atoms with Gasteiger partial charge in [-0.3, -0.25) is 0 Å². The zero-order valence-electron chi connectivity index (χ0n) is 16.9. The number of nitrogens with zero attached hydrogens (tertiary/aromatic N) is 4. The topological polar surface area (TPSA) is 158 Å². The van der Waals surface area contributed by atoms with Crippen molar-refractivity contribution in [2.24, 2.45) is 5.11 Å². The maximum Gasteiger partial charge on any atom is 0.233 e. The van der Waals surface area contributed by atoms with Gasteiger partial charge in [0.15, 0.2) is 5.75 Å². The molecule has 11 nitrogen and oxygen atoms in total. The van der Waals surface area contributed by atoms with Crippen LogP contribution in [0.15, 0.2) is 64.6 Å². The van der Waals surface area contributed by atoms with Crippen molar-refractivity contribution in [2.75, 3.05) is 10.6 Å². The molecule has 0 aliphatic carbocycles. The van der Waals surface area contributed by atoms with Crippen molar-refractivity contribution in [3.05, 3.63) is 59.9 Å². The summed E-state index contributed by atoms with van der Waals surface area (Å²) in [4.78, 5) is 12.7. The van der Waals surface area contributed by atoms with Crippen molar-refractivity contribution in [3.63, 3.8) is 0 Å². The van der Waals surface area contributed by atoms with Crippen molar-refractivity contribution in [1.29, 1.82) is 5.52 Å². The van der Waals surface area contributed by atoms with Gasteiger partial charge < -0.3 is 15.7 Å². The Morgan fingerprint density at radius 3 is 2.50 bits per heavy atom. The second kappa shape index (κ2) is 9.72. The van der Waals surface area contributed by atoms with E-state index in [0.717, 1.165) is 5.69 Å². The maximum absolute atomic E-state index is 10.6. The van der Waals surface area contributed by atoms with Crippen molar-refractivity contribution >= 4 is 63.4 Å². The van der Waals surface area contributed by atoms with Gasteiger partial charge in [0, 0.05) is 16.8 Å². The quantitative estimate of drug-likeness (QED) is 0.0895. The summed E-state index contributed by atoms with van der Waals surface area (Å²) in [7, 11) is 0. The van der Waals surface area contributed by atoms with E-state index >= 15 is 0 Å². The lowest BCUT2D eigenvalue weighted by molar-refractivity contribution is -0.432. The highest BCUT2D eigenvalue weighted by Crippen LogP contribution is 2.43. The molecule has 0 saturated heterocycles. The van der Waals surface area contributed by atoms with E-state index in [2.05, 4.69) is 45.6 Å². The number of phenolic OH excluding ortho intramolecular Hbond substituents is 1. The number of aromatic hydroxyl groups is 1. The SMILES string of the molecule is [2H]N=Nc1c(SOOO)cc2cc(Nc3nc(Cl)nc(Nc4ccccc4)n3)ccc2c1O. The molecule has 0 radical (unpaired) electrons. The summed E-state index contributed by atoms with van der Waals surface area (Å²) < 4.78 is 11.4. The van der Waals surface area contributed by atoms with Gasteiger partial charge in [0.05, 0.1) is 16.9 Å². The van der Waals surface area contributed by atoms with Gasteiger partial charge in [0.2, 0.25) is 18.6 Å². The number of phenols is 1. The Hall–Kier alpha value is -3.55. The summed E-state index contributed by atoms with van der Waals surface area (Å²) in [6.07, 6.45) is 0. The first-order valence-electron chi connectivity index (χ1n) is 9.32. The zero-order chi connectivity index (χ0) is 23.2. The third-order valence-corrected chi connectivity index (χ3v) is 4.99. The second-order valence-corrected chi connectivity index (χ2v) is 7.28. The van der Waals surface area contributed by atoms with Crippen molar-refractivity contribution in [1.82, 2.24) is 15.0 Å². The molecule has 0 unspecified atom stereocenters. The molecule has 32 heavy (non-hydrogen) atoms. The van der Waals surface area contributed by atoms with Gasteiger partial charge in [-0.25, -0.2) is 10.8 Å². The van der Waals surface area contributed by atoms with Gasteiger partial charge in [0.1, 0.15) is 5.69 Å². The van der Waals surface area contributed by atoms with Crippen molar-refractivity contribution in [2.45, 2.75) is 4.90 Å². The average molecular weight is 473 g/mol. The summed E-state index contributed by atoms with van der Waals surface area (Å²) >= 11 is 6.64. The highest BCUT2D eigenvalue weighted by Gasteiger charge is 2.15. The summed E-state index contributed by atoms with van der Waals surface area (Å²) in [5.41, 5.74) is 4.31. The zero-order valence-corrected chi connectivity index (χ0v) is 17.5. The van der Waals surface area contributed by atoms with E-state index in [1.807, 2.05) is 30.3 Å². The monoisotopic (exact) mass is 472 g/mol. The lowest BCUT2D eigenvalue weighted by atomic mass is 10.1. The average Bonchev–Trinajstić information content (AvgIpc) is 2.80. The van der Waals surface area contributed by atoms with E-state index in [0.29, 0.717) is 28.5 Å². The summed E-state index contributed by atoms with van der Waals surface area (Å²) in [6, 6.07) is 16.0. The molecule has 3 aromatic carbocycles. The summed E-state index contributed by atoms with van der Waals surface area (Å²) in [5, 5.41) is 33.3. The standard InChI is InChI=1S/C19H14ClN7O4S/c20-17-24-18(22-11-4-2-1-3-5-11)26-19(25-17)23-12-6-7-13-10(8-12)9-14(32-31-30-29)15(27-21)16(13)28/h1-9,21,28-29H,(H2,22,23,24,25,26)/i/hD. The molecule has 5 N–H and O–H groups in total. The third kappa shape index (κ3) is 4.85. The largest absolute Gasteiger partial charge is 0.505 e. The lowest BCUT2D eigenvalue weighted by Crippen LogP contribution is -2.04. The molecule has 1 aromatic heterocycles. The predicted octanol–water partition coefficient (Wildman–Crippen LogP) is 5.96. The number of nitrogens with one attached hydrogen (secondary N) is 3. The van der Waals surface area contributed by atoms with E-state index < -0.39 is 0 Å². The maximum atomic E-state index is 10.6. The Kier molecular flexibility index (Phi) is 6.18. The van der Waals surface area contributed by atoms with Gasteiger partial charge in [-0.15, -0.1) is 4.33 Å². The molecule has 0 bridgehead atoms. The second-order valence-electron chi connectivity index (χ2n) is 6.20. The van der Waals surface area contributed by atoms with E-state index in [9.17, 15) is 5.11 Å². The van der Waals surface area contributed by atoms with Gasteiger partial charge >= 0.3 is 0 Å². The van der Waals surface area contributed by atoms with Crippen LogP contribution in [0.1, 0.15) is 0 Å². The molecule has 0 saturated carbocycles. The predicted molar refractivity (Wildman–Crippen MR) is 119 cm³/mol. The molecule has 0 spiro atoms. The number of hydrogen-bond acceptors (Lipinski definition) is 12. The number of halogens is 1. The first kappa shape index (κ1) is 20.4. The number of fused-ring (bicyclic) bond motifs is 1. The molecule has 0 atom stereocenters. The fraction of sp³-hybridized carbons (Fsp3) is 0. The number of benzene rings is 3. The molecule has 0 fully saturated rings. The van der Waals surface area contributed by atoms with E-state index in [1.54, 1.807) is 24.3 Å². The Bertz CT molecular complexity index is 1320. The van der Waals surface area contributed by atoms with Gasteiger partial charge in [-0.1, -0.05) is 23.2 Å². The van der Waals surface area contributed by atoms with E-state index in [1.165, 1.54) is 0 Å². The van der Waals surface area contributed by atoms with Crippen molar-refractivity contribution in [3.8, 4) is 5.75 Å². The minimum atomic E-state index is -0.225. The van der Waals surface area contributed by atoms with Gasteiger partial charge in [-0.2, -0.15) is 20.1 Å². The summed E-state index contributed by atoms with van der Waals surface area (Å²) in [5.74, 6) is 0.229. The normalized spacial score (nSPS) is 11.6. The van der Waals surface area contributed by atoms with Crippen LogP contribution in [0.3, 0.4) is 0 Å². The molecule has 13 heteroatoms. The molecule has 1 heterocycles. The first-order valence-corrected chi connectivity index (χ1v) is 9.99. The molecule has 4 aromatic rings. The number of anilines is 4. The van der Waals surface area contributed by atoms with Gasteiger partial charge in [-0.05, 0) is 53.4 Å². The van der Waals surface area contributed by atoms with Crippen LogP contribution in [0.2, 0.25) is 6.70 Å². The highest BCUT2D eigenvalue weighted by atomic mass is 35.5. The number of hydrogen-bond donors (Lipinski definition) is 5. The van der Waals surface area contributed by atoms with E-state index in [-0.39, 0.29) is 33.5 Å². The fourth-order valence-corrected chi connectivity index (χ4v) is 3.54. The summed E-state index contributed by atoms with van der Waals surface area (Å²) in [6.45, 7) is 0. The third-order valence-electron chi connectivity index (χ3n) is 4.20. The van der Waals surface area contributed by atoms with Crippen LogP contribution in [0, 0.1) is 5.52 Å². The molecule has 4 rings (SSSR count). The van der Waals surface area contributed by atoms with Crippen LogP contribution in [0.5, 0.6) is 5.75 Å². The minimum Gasteiger partial charge on any atom is -0.505 e. The van der Waals surface area contributed by atoms with E-state index in [4.69, 9.17) is 18.3 Å². The first-order chi connectivity index (χ1) is 16.1. The Balaban J connectivity index is 1.66. The van der Waals surface area contributed by atoms with Crippen LogP contribution in [-0.4, -0.2) is 25.3 Å². The fourth-order valence-electron chi connectivity index (χ4n) is 2.88. The molecule has 0 amide bonds. The number of para-hydroxylation sites is 1. The molecule has 0 aliphatic rings. The Labute approximate surface area is 191 Å². The number of aromatic nitrogens is 3. The minimum absolute atomic E-state index is 0.00500. The molecular formula is C19H14ClN7O4S.